The number of urea groups is 1. The van der Waals surface area contributed by atoms with Gasteiger partial charge in [-0.05, 0) is 25.3 Å². The summed E-state index contributed by atoms with van der Waals surface area (Å²) in [6, 6.07) is 10.2. The second-order valence-electron chi connectivity index (χ2n) is 7.54. The molecule has 3 rings (SSSR count). The molecule has 1 N–H and O–H groups in total. The Balaban J connectivity index is 1.39. The number of benzene rings is 1. The Morgan fingerprint density at radius 3 is 2.33 bits per heavy atom. The molecule has 1 aromatic rings. The van der Waals surface area contributed by atoms with Crippen LogP contribution < -0.4 is 5.32 Å². The molecule has 1 saturated heterocycles. The minimum Gasteiger partial charge on any atom is -0.364 e. The Labute approximate surface area is 161 Å². The van der Waals surface area contributed by atoms with Gasteiger partial charge < -0.3 is 19.9 Å². The highest BCUT2D eigenvalue weighted by Crippen LogP contribution is 2.18. The highest BCUT2D eigenvalue weighted by molar-refractivity contribution is 5.81. The molecule has 1 aromatic carbocycles. The van der Waals surface area contributed by atoms with Crippen LogP contribution in [0, 0.1) is 0 Å². The van der Waals surface area contributed by atoms with E-state index in [0.29, 0.717) is 38.8 Å². The first-order chi connectivity index (χ1) is 13.1. The standard InChI is InChI=1S/C21H31N3O3/c1-17(27-16-18-8-4-2-5-9-18)20(25)23-12-14-24(15-13-23)21(26)22-19-10-6-3-7-11-19/h2,4-5,8-9,17,19H,3,6-7,10-16H2,1H3,(H,22,26). The Morgan fingerprint density at radius 2 is 1.67 bits per heavy atom. The molecule has 1 atom stereocenters. The van der Waals surface area contributed by atoms with Gasteiger partial charge >= 0.3 is 6.03 Å². The van der Waals surface area contributed by atoms with Crippen molar-refractivity contribution in [3.63, 3.8) is 0 Å². The minimum atomic E-state index is -0.479. The number of hydrogen-bond acceptors (Lipinski definition) is 3. The fourth-order valence-electron chi connectivity index (χ4n) is 3.77. The molecule has 1 heterocycles. The van der Waals surface area contributed by atoms with Gasteiger partial charge in [-0.3, -0.25) is 4.79 Å². The van der Waals surface area contributed by atoms with Crippen LogP contribution in [0.2, 0.25) is 0 Å². The maximum atomic E-state index is 12.6. The number of amides is 3. The Bertz CT molecular complexity index is 608. The van der Waals surface area contributed by atoms with E-state index in [0.717, 1.165) is 18.4 Å². The summed E-state index contributed by atoms with van der Waals surface area (Å²) in [5, 5.41) is 3.15. The molecule has 1 saturated carbocycles. The molecule has 2 aliphatic rings. The zero-order valence-electron chi connectivity index (χ0n) is 16.2. The average molecular weight is 373 g/mol. The normalized spacial score (nSPS) is 19.6. The number of rotatable bonds is 5. The van der Waals surface area contributed by atoms with Crippen LogP contribution in [0.1, 0.15) is 44.6 Å². The summed E-state index contributed by atoms with van der Waals surface area (Å²) < 4.78 is 5.73. The maximum absolute atomic E-state index is 12.6. The van der Waals surface area contributed by atoms with Gasteiger partial charge in [0.15, 0.2) is 0 Å². The lowest BCUT2D eigenvalue weighted by atomic mass is 9.96. The quantitative estimate of drug-likeness (QED) is 0.863. The zero-order valence-corrected chi connectivity index (χ0v) is 16.2. The molecule has 3 amide bonds. The molecule has 1 aliphatic carbocycles. The van der Waals surface area contributed by atoms with Crippen molar-refractivity contribution in [2.75, 3.05) is 26.2 Å². The van der Waals surface area contributed by atoms with Crippen LogP contribution >= 0.6 is 0 Å². The number of ether oxygens (including phenoxy) is 1. The van der Waals surface area contributed by atoms with Crippen molar-refractivity contribution in [3.8, 4) is 0 Å². The lowest BCUT2D eigenvalue weighted by molar-refractivity contribution is -0.144. The molecule has 0 aromatic heterocycles. The van der Waals surface area contributed by atoms with Gasteiger partial charge in [-0.1, -0.05) is 49.6 Å². The largest absolute Gasteiger partial charge is 0.364 e. The molecule has 0 radical (unpaired) electrons. The van der Waals surface area contributed by atoms with Gasteiger partial charge in [-0.2, -0.15) is 0 Å². The molecule has 6 nitrogen and oxygen atoms in total. The van der Waals surface area contributed by atoms with Crippen LogP contribution in [-0.2, 0) is 16.1 Å². The number of carbonyl (C=O) groups is 2. The van der Waals surface area contributed by atoms with E-state index in [4.69, 9.17) is 4.74 Å². The molecule has 27 heavy (non-hydrogen) atoms. The van der Waals surface area contributed by atoms with E-state index in [-0.39, 0.29) is 11.9 Å². The fourth-order valence-corrected chi connectivity index (χ4v) is 3.77. The second kappa shape index (κ2) is 9.74. The molecule has 2 fully saturated rings. The first-order valence-electron chi connectivity index (χ1n) is 10.1. The smallest absolute Gasteiger partial charge is 0.317 e. The van der Waals surface area contributed by atoms with E-state index in [2.05, 4.69) is 5.32 Å². The first-order valence-corrected chi connectivity index (χ1v) is 10.1. The Morgan fingerprint density at radius 1 is 1.04 bits per heavy atom. The molecular formula is C21H31N3O3. The Kier molecular flexibility index (Phi) is 7.10. The van der Waals surface area contributed by atoms with Crippen LogP contribution in [0.3, 0.4) is 0 Å². The van der Waals surface area contributed by atoms with Crippen molar-refractivity contribution >= 4 is 11.9 Å². The second-order valence-corrected chi connectivity index (χ2v) is 7.54. The van der Waals surface area contributed by atoms with Gasteiger partial charge in [-0.25, -0.2) is 4.79 Å². The van der Waals surface area contributed by atoms with Crippen molar-refractivity contribution in [1.82, 2.24) is 15.1 Å². The SMILES string of the molecule is CC(OCc1ccccc1)C(=O)N1CCN(C(=O)NC2CCCCC2)CC1. The molecule has 0 bridgehead atoms. The van der Waals surface area contributed by atoms with Gasteiger partial charge in [-0.15, -0.1) is 0 Å². The van der Waals surface area contributed by atoms with Crippen LogP contribution in [0.15, 0.2) is 30.3 Å². The third kappa shape index (κ3) is 5.70. The van der Waals surface area contributed by atoms with E-state index in [1.807, 2.05) is 35.2 Å². The van der Waals surface area contributed by atoms with Crippen LogP contribution in [0.5, 0.6) is 0 Å². The van der Waals surface area contributed by atoms with E-state index in [1.54, 1.807) is 11.8 Å². The molecule has 1 aliphatic heterocycles. The average Bonchev–Trinajstić information content (AvgIpc) is 2.73. The highest BCUT2D eigenvalue weighted by atomic mass is 16.5. The third-order valence-electron chi connectivity index (χ3n) is 5.50. The number of carbonyl (C=O) groups excluding carboxylic acids is 2. The van der Waals surface area contributed by atoms with Crippen molar-refractivity contribution in [2.45, 2.75) is 57.8 Å². The molecular weight excluding hydrogens is 342 g/mol. The minimum absolute atomic E-state index is 0.00160. The summed E-state index contributed by atoms with van der Waals surface area (Å²) in [7, 11) is 0. The van der Waals surface area contributed by atoms with Gasteiger partial charge in [0.05, 0.1) is 6.61 Å². The highest BCUT2D eigenvalue weighted by Gasteiger charge is 2.28. The van der Waals surface area contributed by atoms with Crippen molar-refractivity contribution in [3.05, 3.63) is 35.9 Å². The molecule has 6 heteroatoms. The predicted molar refractivity (Wildman–Crippen MR) is 104 cm³/mol. The van der Waals surface area contributed by atoms with E-state index >= 15 is 0 Å². The topological polar surface area (TPSA) is 61.9 Å². The summed E-state index contributed by atoms with van der Waals surface area (Å²) in [5.74, 6) is -0.00160. The van der Waals surface area contributed by atoms with Gasteiger partial charge in [0.2, 0.25) is 0 Å². The first kappa shape index (κ1) is 19.7. The van der Waals surface area contributed by atoms with Crippen LogP contribution in [-0.4, -0.2) is 60.1 Å². The summed E-state index contributed by atoms with van der Waals surface area (Å²) >= 11 is 0. The lowest BCUT2D eigenvalue weighted by Crippen LogP contribution is -2.56. The summed E-state index contributed by atoms with van der Waals surface area (Å²) in [6.07, 6.45) is 5.37. The number of piperazine rings is 1. The van der Waals surface area contributed by atoms with E-state index in [1.165, 1.54) is 19.3 Å². The van der Waals surface area contributed by atoms with Crippen LogP contribution in [0.4, 0.5) is 4.79 Å². The molecule has 0 spiro atoms. The van der Waals surface area contributed by atoms with Crippen molar-refractivity contribution < 1.29 is 14.3 Å². The predicted octanol–water partition coefficient (Wildman–Crippen LogP) is 2.78. The number of nitrogens with zero attached hydrogens (tertiary/aromatic N) is 2. The van der Waals surface area contributed by atoms with E-state index in [9.17, 15) is 9.59 Å². The molecule has 148 valence electrons. The monoisotopic (exact) mass is 373 g/mol. The zero-order chi connectivity index (χ0) is 19.1. The molecule has 1 unspecified atom stereocenters. The number of hydrogen-bond donors (Lipinski definition) is 1. The maximum Gasteiger partial charge on any atom is 0.317 e. The van der Waals surface area contributed by atoms with Gasteiger partial charge in [0.25, 0.3) is 5.91 Å². The summed E-state index contributed by atoms with van der Waals surface area (Å²) in [5.41, 5.74) is 1.06. The van der Waals surface area contributed by atoms with E-state index < -0.39 is 6.10 Å². The van der Waals surface area contributed by atoms with Crippen molar-refractivity contribution in [2.24, 2.45) is 0 Å². The Hall–Kier alpha value is -2.08. The van der Waals surface area contributed by atoms with Gasteiger partial charge in [0.1, 0.15) is 6.10 Å². The third-order valence-corrected chi connectivity index (χ3v) is 5.50. The van der Waals surface area contributed by atoms with Gasteiger partial charge in [0, 0.05) is 32.2 Å². The lowest BCUT2D eigenvalue weighted by Gasteiger charge is -2.36. The fraction of sp³-hybridized carbons (Fsp3) is 0.619. The van der Waals surface area contributed by atoms with Crippen molar-refractivity contribution in [1.29, 1.82) is 0 Å². The van der Waals surface area contributed by atoms with Crippen LogP contribution in [0.25, 0.3) is 0 Å². The number of nitrogens with one attached hydrogen (secondary N) is 1. The summed E-state index contributed by atoms with van der Waals surface area (Å²) in [6.45, 7) is 4.52. The summed E-state index contributed by atoms with van der Waals surface area (Å²) in [4.78, 5) is 28.7.